The van der Waals surface area contributed by atoms with Crippen LogP contribution < -0.4 is 10.9 Å². The van der Waals surface area contributed by atoms with Crippen LogP contribution in [0.4, 0.5) is 10.1 Å². The van der Waals surface area contributed by atoms with Crippen LogP contribution >= 0.6 is 0 Å². The molecule has 0 aliphatic carbocycles. The van der Waals surface area contributed by atoms with Gasteiger partial charge in [-0.15, -0.1) is 0 Å². The number of benzene rings is 2. The molecule has 0 fully saturated rings. The number of hydrogen-bond acceptors (Lipinski definition) is 6. The first-order valence-corrected chi connectivity index (χ1v) is 13.4. The standard InChI is InChI=1S/C32H34FN5O4/c1-18-24(13-14-25(33)27(18)35-29(40)19-7-10-22(11-8-19)32(2,3)4)26-16-21(30(41)37-36-26)15-23-12-9-20(17-34-23)28(39)31(42)38(5)6/h7-14,16-17,28,39H,15H2,1-6H3,(H,35,40)(H,37,41). The lowest BCUT2D eigenvalue weighted by atomic mass is 9.86. The minimum absolute atomic E-state index is 0.0232. The molecule has 0 radical (unpaired) electrons. The normalized spacial score (nSPS) is 12.1. The number of H-pyrrole nitrogens is 1. The molecule has 0 aliphatic rings. The van der Waals surface area contributed by atoms with Crippen molar-refractivity contribution in [2.75, 3.05) is 19.4 Å². The minimum Gasteiger partial charge on any atom is -0.378 e. The van der Waals surface area contributed by atoms with Gasteiger partial charge in [0.05, 0.1) is 11.4 Å². The summed E-state index contributed by atoms with van der Waals surface area (Å²) in [6.45, 7) is 7.91. The van der Waals surface area contributed by atoms with Crippen molar-refractivity contribution in [3.05, 3.63) is 110 Å². The zero-order valence-corrected chi connectivity index (χ0v) is 24.4. The van der Waals surface area contributed by atoms with Crippen molar-refractivity contribution in [2.45, 2.75) is 45.6 Å². The lowest BCUT2D eigenvalue weighted by Gasteiger charge is -2.19. The second-order valence-electron chi connectivity index (χ2n) is 11.4. The maximum absolute atomic E-state index is 14.9. The molecule has 218 valence electrons. The van der Waals surface area contributed by atoms with Crippen LogP contribution in [-0.2, 0) is 16.6 Å². The van der Waals surface area contributed by atoms with Crippen LogP contribution in [0.3, 0.4) is 0 Å². The molecule has 0 bridgehead atoms. The number of carbonyl (C=O) groups is 2. The highest BCUT2D eigenvalue weighted by atomic mass is 19.1. The predicted molar refractivity (Wildman–Crippen MR) is 159 cm³/mol. The van der Waals surface area contributed by atoms with E-state index in [-0.39, 0.29) is 17.5 Å². The van der Waals surface area contributed by atoms with Gasteiger partial charge in [0.25, 0.3) is 17.4 Å². The molecule has 3 N–H and O–H groups in total. The molecule has 1 atom stereocenters. The SMILES string of the molecule is Cc1c(-c2cc(Cc3ccc(C(O)C(=O)N(C)C)cn3)c(=O)[nH]n2)ccc(F)c1NC(=O)c1ccc(C(C)(C)C)cc1. The smallest absolute Gasteiger partial charge is 0.267 e. The molecule has 4 aromatic rings. The highest BCUT2D eigenvalue weighted by molar-refractivity contribution is 6.05. The van der Waals surface area contributed by atoms with Gasteiger partial charge in [0.2, 0.25) is 0 Å². The summed E-state index contributed by atoms with van der Waals surface area (Å²) in [7, 11) is 3.10. The summed E-state index contributed by atoms with van der Waals surface area (Å²) in [4.78, 5) is 43.2. The number of aromatic nitrogens is 3. The summed E-state index contributed by atoms with van der Waals surface area (Å²) >= 11 is 0. The number of hydrogen-bond donors (Lipinski definition) is 3. The number of nitrogens with one attached hydrogen (secondary N) is 2. The number of rotatable bonds is 7. The maximum atomic E-state index is 14.9. The third kappa shape index (κ3) is 6.60. The topological polar surface area (TPSA) is 128 Å². The summed E-state index contributed by atoms with van der Waals surface area (Å²) < 4.78 is 14.9. The van der Waals surface area contributed by atoms with Crippen LogP contribution in [0.1, 0.15) is 65.2 Å². The van der Waals surface area contributed by atoms with Crippen molar-refractivity contribution >= 4 is 17.5 Å². The molecule has 0 saturated heterocycles. The number of nitrogens with zero attached hydrogens (tertiary/aromatic N) is 3. The molecule has 0 spiro atoms. The molecule has 42 heavy (non-hydrogen) atoms. The van der Waals surface area contributed by atoms with Crippen molar-refractivity contribution in [1.29, 1.82) is 0 Å². The number of anilines is 1. The summed E-state index contributed by atoms with van der Waals surface area (Å²) in [5, 5.41) is 19.6. The molecule has 2 aromatic heterocycles. The lowest BCUT2D eigenvalue weighted by molar-refractivity contribution is -0.137. The fourth-order valence-corrected chi connectivity index (χ4v) is 4.42. The molecule has 0 saturated carbocycles. The highest BCUT2D eigenvalue weighted by Crippen LogP contribution is 2.30. The summed E-state index contributed by atoms with van der Waals surface area (Å²) in [6.07, 6.45) is 0.210. The Hall–Kier alpha value is -4.70. The molecule has 2 aromatic carbocycles. The Morgan fingerprint density at radius 3 is 2.36 bits per heavy atom. The van der Waals surface area contributed by atoms with Gasteiger partial charge < -0.3 is 15.3 Å². The Balaban J connectivity index is 1.58. The second kappa shape index (κ2) is 12.0. The fraction of sp³-hybridized carbons (Fsp3) is 0.281. The number of aliphatic hydroxyl groups excluding tert-OH is 1. The number of aliphatic hydroxyl groups is 1. The quantitative estimate of drug-likeness (QED) is 0.299. The highest BCUT2D eigenvalue weighted by Gasteiger charge is 2.21. The van der Waals surface area contributed by atoms with Gasteiger partial charge in [0.1, 0.15) is 5.82 Å². The van der Waals surface area contributed by atoms with E-state index in [4.69, 9.17) is 0 Å². The van der Waals surface area contributed by atoms with Gasteiger partial charge in [-0.25, -0.2) is 9.49 Å². The van der Waals surface area contributed by atoms with Crippen LogP contribution in [0.5, 0.6) is 0 Å². The van der Waals surface area contributed by atoms with Crippen molar-refractivity contribution in [3.8, 4) is 11.3 Å². The fourth-order valence-electron chi connectivity index (χ4n) is 4.42. The van der Waals surface area contributed by atoms with Gasteiger partial charge in [-0.3, -0.25) is 19.4 Å². The van der Waals surface area contributed by atoms with Gasteiger partial charge in [-0.2, -0.15) is 5.10 Å². The number of carbonyl (C=O) groups excluding carboxylic acids is 2. The van der Waals surface area contributed by atoms with E-state index in [0.717, 1.165) is 5.56 Å². The van der Waals surface area contributed by atoms with Crippen LogP contribution in [0.15, 0.2) is 65.6 Å². The van der Waals surface area contributed by atoms with Gasteiger partial charge in [0, 0.05) is 54.7 Å². The van der Waals surface area contributed by atoms with Gasteiger partial charge >= 0.3 is 0 Å². The zero-order valence-electron chi connectivity index (χ0n) is 24.4. The van der Waals surface area contributed by atoms with E-state index in [1.54, 1.807) is 57.4 Å². The first kappa shape index (κ1) is 30.3. The first-order valence-electron chi connectivity index (χ1n) is 13.4. The van der Waals surface area contributed by atoms with Crippen molar-refractivity contribution in [1.82, 2.24) is 20.1 Å². The second-order valence-corrected chi connectivity index (χ2v) is 11.4. The first-order chi connectivity index (χ1) is 19.8. The largest absolute Gasteiger partial charge is 0.378 e. The van der Waals surface area contributed by atoms with Crippen LogP contribution in [0, 0.1) is 12.7 Å². The monoisotopic (exact) mass is 571 g/mol. The molecule has 9 nitrogen and oxygen atoms in total. The number of amides is 2. The van der Waals surface area contributed by atoms with E-state index in [0.29, 0.717) is 39.2 Å². The third-order valence-electron chi connectivity index (χ3n) is 7.03. The van der Waals surface area contributed by atoms with E-state index in [9.17, 15) is 23.9 Å². The Kier molecular flexibility index (Phi) is 8.67. The summed E-state index contributed by atoms with van der Waals surface area (Å²) in [5.41, 5.74) is 3.60. The van der Waals surface area contributed by atoms with Crippen LogP contribution in [0.2, 0.25) is 0 Å². The van der Waals surface area contributed by atoms with E-state index in [1.165, 1.54) is 17.2 Å². The zero-order chi connectivity index (χ0) is 30.8. The number of pyridine rings is 1. The number of likely N-dealkylation sites (N-methyl/N-ethyl adjacent to an activating group) is 1. The average molecular weight is 572 g/mol. The van der Waals surface area contributed by atoms with E-state index >= 15 is 0 Å². The van der Waals surface area contributed by atoms with Gasteiger partial charge in [-0.1, -0.05) is 39.0 Å². The van der Waals surface area contributed by atoms with Crippen molar-refractivity contribution in [2.24, 2.45) is 0 Å². The van der Waals surface area contributed by atoms with E-state index < -0.39 is 29.3 Å². The number of aromatic amines is 1. The molecule has 10 heteroatoms. The summed E-state index contributed by atoms with van der Waals surface area (Å²) in [6, 6.07) is 14.8. The molecule has 0 aliphatic heterocycles. The predicted octanol–water partition coefficient (Wildman–Crippen LogP) is 4.54. The van der Waals surface area contributed by atoms with Crippen molar-refractivity contribution in [3.63, 3.8) is 0 Å². The Morgan fingerprint density at radius 2 is 1.76 bits per heavy atom. The molecule has 2 heterocycles. The summed E-state index contributed by atoms with van der Waals surface area (Å²) in [5.74, 6) is -1.51. The third-order valence-corrected chi connectivity index (χ3v) is 7.03. The average Bonchev–Trinajstić information content (AvgIpc) is 2.95. The Labute approximate surface area is 243 Å². The van der Waals surface area contributed by atoms with Gasteiger partial charge in [-0.05, 0) is 59.9 Å². The van der Waals surface area contributed by atoms with E-state index in [1.807, 2.05) is 12.1 Å². The maximum Gasteiger partial charge on any atom is 0.267 e. The molecular formula is C32H34FN5O4. The van der Waals surface area contributed by atoms with Crippen LogP contribution in [-0.4, -0.2) is 51.1 Å². The Morgan fingerprint density at radius 1 is 1.07 bits per heavy atom. The van der Waals surface area contributed by atoms with Crippen molar-refractivity contribution < 1.29 is 19.1 Å². The lowest BCUT2D eigenvalue weighted by Crippen LogP contribution is -2.28. The molecule has 2 amide bonds. The van der Waals surface area contributed by atoms with E-state index in [2.05, 4.69) is 41.3 Å². The van der Waals surface area contributed by atoms with Gasteiger partial charge in [0.15, 0.2) is 6.10 Å². The minimum atomic E-state index is -1.34. The molecule has 4 rings (SSSR count). The Bertz CT molecular complexity index is 1670. The van der Waals surface area contributed by atoms with Crippen LogP contribution in [0.25, 0.3) is 11.3 Å². The molecule has 1 unspecified atom stereocenters. The number of halogens is 1. The molecular weight excluding hydrogens is 537 g/mol.